The molecule has 1 aliphatic carbocycles. The summed E-state index contributed by atoms with van der Waals surface area (Å²) < 4.78 is 0. The SMILES string of the molecule is C1=CCC(CNC2CCN3CCCCC23)CC1. The van der Waals surface area contributed by atoms with Crippen molar-refractivity contribution >= 4 is 0 Å². The fourth-order valence-electron chi connectivity index (χ4n) is 3.85. The average Bonchev–Trinajstić information content (AvgIpc) is 2.81. The zero-order chi connectivity index (χ0) is 11.5. The lowest BCUT2D eigenvalue weighted by Gasteiger charge is -2.33. The van der Waals surface area contributed by atoms with Gasteiger partial charge in [-0.15, -0.1) is 0 Å². The monoisotopic (exact) mass is 234 g/mol. The number of hydrogen-bond acceptors (Lipinski definition) is 2. The normalized spacial score (nSPS) is 38.2. The van der Waals surface area contributed by atoms with Gasteiger partial charge in [0.25, 0.3) is 0 Å². The van der Waals surface area contributed by atoms with Gasteiger partial charge in [-0.25, -0.2) is 0 Å². The summed E-state index contributed by atoms with van der Waals surface area (Å²) in [5, 5.41) is 3.87. The second kappa shape index (κ2) is 5.53. The highest BCUT2D eigenvalue weighted by Crippen LogP contribution is 2.27. The predicted molar refractivity (Wildman–Crippen MR) is 72.1 cm³/mol. The lowest BCUT2D eigenvalue weighted by atomic mass is 9.93. The summed E-state index contributed by atoms with van der Waals surface area (Å²) >= 11 is 0. The summed E-state index contributed by atoms with van der Waals surface area (Å²) in [5.41, 5.74) is 0. The van der Waals surface area contributed by atoms with Gasteiger partial charge in [-0.2, -0.15) is 0 Å². The van der Waals surface area contributed by atoms with E-state index in [-0.39, 0.29) is 0 Å². The lowest BCUT2D eigenvalue weighted by molar-refractivity contribution is 0.178. The zero-order valence-corrected chi connectivity index (χ0v) is 10.9. The van der Waals surface area contributed by atoms with Crippen molar-refractivity contribution in [2.75, 3.05) is 19.6 Å². The van der Waals surface area contributed by atoms with Crippen molar-refractivity contribution in [3.8, 4) is 0 Å². The van der Waals surface area contributed by atoms with E-state index >= 15 is 0 Å². The van der Waals surface area contributed by atoms with E-state index in [1.165, 1.54) is 64.6 Å². The minimum absolute atomic E-state index is 0.793. The van der Waals surface area contributed by atoms with Gasteiger partial charge in [-0.1, -0.05) is 18.6 Å². The Balaban J connectivity index is 1.47. The topological polar surface area (TPSA) is 15.3 Å². The first-order valence-electron chi connectivity index (χ1n) is 7.56. The second-order valence-electron chi connectivity index (χ2n) is 6.05. The summed E-state index contributed by atoms with van der Waals surface area (Å²) in [6.07, 6.45) is 14.4. The maximum atomic E-state index is 3.87. The number of piperidine rings is 1. The molecular formula is C15H26N2. The largest absolute Gasteiger partial charge is 0.312 e. The van der Waals surface area contributed by atoms with Crippen LogP contribution in [0.1, 0.15) is 44.9 Å². The highest BCUT2D eigenvalue weighted by Gasteiger charge is 2.35. The number of allylic oxidation sites excluding steroid dienone is 2. The van der Waals surface area contributed by atoms with Crippen LogP contribution in [-0.2, 0) is 0 Å². The maximum absolute atomic E-state index is 3.87. The van der Waals surface area contributed by atoms with Crippen LogP contribution in [0.2, 0.25) is 0 Å². The molecule has 1 N–H and O–H groups in total. The number of nitrogens with zero attached hydrogens (tertiary/aromatic N) is 1. The molecule has 0 radical (unpaired) electrons. The molecule has 0 spiro atoms. The van der Waals surface area contributed by atoms with E-state index in [4.69, 9.17) is 0 Å². The molecule has 0 aromatic carbocycles. The molecular weight excluding hydrogens is 208 g/mol. The third-order valence-electron chi connectivity index (χ3n) is 4.90. The van der Waals surface area contributed by atoms with Crippen LogP contribution in [0.25, 0.3) is 0 Å². The summed E-state index contributed by atoms with van der Waals surface area (Å²) in [6, 6.07) is 1.66. The predicted octanol–water partition coefficient (Wildman–Crippen LogP) is 2.56. The summed E-state index contributed by atoms with van der Waals surface area (Å²) in [4.78, 5) is 2.72. The van der Waals surface area contributed by atoms with E-state index in [1.807, 2.05) is 0 Å². The van der Waals surface area contributed by atoms with Crippen LogP contribution in [0.5, 0.6) is 0 Å². The number of fused-ring (bicyclic) bond motifs is 1. The summed E-state index contributed by atoms with van der Waals surface area (Å²) in [6.45, 7) is 3.95. The Hall–Kier alpha value is -0.340. The van der Waals surface area contributed by atoms with Crippen molar-refractivity contribution in [2.24, 2.45) is 5.92 Å². The third kappa shape index (κ3) is 2.74. The quantitative estimate of drug-likeness (QED) is 0.755. The van der Waals surface area contributed by atoms with Crippen LogP contribution in [-0.4, -0.2) is 36.6 Å². The van der Waals surface area contributed by atoms with Gasteiger partial charge in [-0.05, 0) is 57.5 Å². The Labute approximate surface area is 105 Å². The minimum Gasteiger partial charge on any atom is -0.312 e. The molecule has 3 unspecified atom stereocenters. The van der Waals surface area contributed by atoms with Crippen molar-refractivity contribution in [2.45, 2.75) is 57.0 Å². The number of nitrogens with one attached hydrogen (secondary N) is 1. The molecule has 2 saturated heterocycles. The Morgan fingerprint density at radius 1 is 1.06 bits per heavy atom. The second-order valence-corrected chi connectivity index (χ2v) is 6.05. The molecule has 2 nitrogen and oxygen atoms in total. The highest BCUT2D eigenvalue weighted by molar-refractivity contribution is 4.95. The van der Waals surface area contributed by atoms with E-state index in [9.17, 15) is 0 Å². The fourth-order valence-corrected chi connectivity index (χ4v) is 3.85. The maximum Gasteiger partial charge on any atom is 0.0249 e. The van der Waals surface area contributed by atoms with Crippen LogP contribution < -0.4 is 5.32 Å². The van der Waals surface area contributed by atoms with Crippen LogP contribution in [0, 0.1) is 5.92 Å². The Morgan fingerprint density at radius 2 is 2.06 bits per heavy atom. The first-order valence-corrected chi connectivity index (χ1v) is 7.56. The van der Waals surface area contributed by atoms with Gasteiger partial charge >= 0.3 is 0 Å². The number of rotatable bonds is 3. The highest BCUT2D eigenvalue weighted by atomic mass is 15.2. The van der Waals surface area contributed by atoms with Gasteiger partial charge in [-0.3, -0.25) is 4.90 Å². The van der Waals surface area contributed by atoms with Crippen molar-refractivity contribution in [3.63, 3.8) is 0 Å². The molecule has 96 valence electrons. The van der Waals surface area contributed by atoms with E-state index in [0.717, 1.165) is 18.0 Å². The van der Waals surface area contributed by atoms with Gasteiger partial charge in [0.2, 0.25) is 0 Å². The molecule has 0 aromatic heterocycles. The molecule has 2 heteroatoms. The molecule has 17 heavy (non-hydrogen) atoms. The van der Waals surface area contributed by atoms with E-state index < -0.39 is 0 Å². The van der Waals surface area contributed by atoms with E-state index in [2.05, 4.69) is 22.4 Å². The standard InChI is InChI=1S/C15H26N2/c1-2-6-13(7-3-1)12-16-14-9-11-17-10-5-4-8-15(14)17/h1-2,13-16H,3-12H2. The van der Waals surface area contributed by atoms with Gasteiger partial charge in [0, 0.05) is 18.6 Å². The molecule has 0 bridgehead atoms. The molecule has 3 rings (SSSR count). The zero-order valence-electron chi connectivity index (χ0n) is 10.9. The Morgan fingerprint density at radius 3 is 2.94 bits per heavy atom. The minimum atomic E-state index is 0.793. The molecule has 0 aromatic rings. The summed E-state index contributed by atoms with van der Waals surface area (Å²) in [5.74, 6) is 0.901. The first kappa shape index (κ1) is 11.7. The smallest absolute Gasteiger partial charge is 0.0249 e. The molecule has 2 fully saturated rings. The molecule has 0 amide bonds. The number of hydrogen-bond donors (Lipinski definition) is 1. The van der Waals surface area contributed by atoms with Crippen molar-refractivity contribution in [3.05, 3.63) is 12.2 Å². The van der Waals surface area contributed by atoms with Crippen molar-refractivity contribution in [1.82, 2.24) is 10.2 Å². The van der Waals surface area contributed by atoms with E-state index in [1.54, 1.807) is 0 Å². The van der Waals surface area contributed by atoms with Crippen molar-refractivity contribution in [1.29, 1.82) is 0 Å². The third-order valence-corrected chi connectivity index (χ3v) is 4.90. The molecule has 3 aliphatic rings. The fraction of sp³-hybridized carbons (Fsp3) is 0.867. The van der Waals surface area contributed by atoms with Crippen LogP contribution in [0.15, 0.2) is 12.2 Å². The summed E-state index contributed by atoms with van der Waals surface area (Å²) in [7, 11) is 0. The Bertz CT molecular complexity index is 274. The molecule has 3 atom stereocenters. The van der Waals surface area contributed by atoms with Crippen LogP contribution >= 0.6 is 0 Å². The van der Waals surface area contributed by atoms with Gasteiger partial charge < -0.3 is 5.32 Å². The van der Waals surface area contributed by atoms with Crippen LogP contribution in [0.4, 0.5) is 0 Å². The molecule has 2 aliphatic heterocycles. The van der Waals surface area contributed by atoms with Crippen molar-refractivity contribution < 1.29 is 0 Å². The van der Waals surface area contributed by atoms with Gasteiger partial charge in [0.15, 0.2) is 0 Å². The Kier molecular flexibility index (Phi) is 3.82. The van der Waals surface area contributed by atoms with Crippen LogP contribution in [0.3, 0.4) is 0 Å². The van der Waals surface area contributed by atoms with Gasteiger partial charge in [0.1, 0.15) is 0 Å². The first-order chi connectivity index (χ1) is 8.43. The lowest BCUT2D eigenvalue weighted by Crippen LogP contribution is -2.46. The molecule has 0 saturated carbocycles. The average molecular weight is 234 g/mol. The van der Waals surface area contributed by atoms with Gasteiger partial charge in [0.05, 0.1) is 0 Å². The molecule has 2 heterocycles. The van der Waals surface area contributed by atoms with E-state index in [0.29, 0.717) is 0 Å².